The molecule has 0 saturated carbocycles. The van der Waals surface area contributed by atoms with Crippen LogP contribution in [0, 0.1) is 17.0 Å². The van der Waals surface area contributed by atoms with Gasteiger partial charge in [-0.05, 0) is 6.92 Å². The Morgan fingerprint density at radius 2 is 2.00 bits per heavy atom. The first-order valence-electron chi connectivity index (χ1n) is 4.04. The van der Waals surface area contributed by atoms with E-state index in [9.17, 15) is 10.1 Å². The Labute approximate surface area is 79.5 Å². The van der Waals surface area contributed by atoms with Crippen molar-refractivity contribution in [3.63, 3.8) is 0 Å². The molecule has 0 spiro atoms. The molecule has 1 aromatic heterocycles. The Hall–Kier alpha value is -2.04. The van der Waals surface area contributed by atoms with Gasteiger partial charge in [-0.1, -0.05) is 12.1 Å². The van der Waals surface area contributed by atoms with Gasteiger partial charge in [0.2, 0.25) is 0 Å². The van der Waals surface area contributed by atoms with E-state index in [0.29, 0.717) is 10.9 Å². The van der Waals surface area contributed by atoms with Crippen molar-refractivity contribution in [2.24, 2.45) is 0 Å². The maximum atomic E-state index is 10.8. The first-order chi connectivity index (χ1) is 6.70. The van der Waals surface area contributed by atoms with Crippen LogP contribution in [0.15, 0.2) is 24.5 Å². The zero-order chi connectivity index (χ0) is 10.1. The average molecular weight is 189 g/mol. The van der Waals surface area contributed by atoms with Crippen molar-refractivity contribution in [2.75, 3.05) is 0 Å². The standard InChI is InChI=1S/C9H7N3O2/c1-6-2-3-7-4-10-11-5-8(7)9(6)12(13)14/h2-5H,1H3. The number of nitro benzene ring substituents is 1. The van der Waals surface area contributed by atoms with E-state index in [0.717, 1.165) is 5.39 Å². The number of nitrogens with zero attached hydrogens (tertiary/aromatic N) is 3. The van der Waals surface area contributed by atoms with Crippen molar-refractivity contribution in [3.8, 4) is 0 Å². The summed E-state index contributed by atoms with van der Waals surface area (Å²) in [5.41, 5.74) is 0.743. The van der Waals surface area contributed by atoms with Crippen LogP contribution in [0.4, 0.5) is 5.69 Å². The summed E-state index contributed by atoms with van der Waals surface area (Å²) >= 11 is 0. The molecule has 0 aliphatic carbocycles. The molecule has 5 nitrogen and oxygen atoms in total. The van der Waals surface area contributed by atoms with E-state index >= 15 is 0 Å². The molecule has 0 N–H and O–H groups in total. The molecular weight excluding hydrogens is 182 g/mol. The van der Waals surface area contributed by atoms with Crippen LogP contribution in [-0.4, -0.2) is 15.1 Å². The minimum Gasteiger partial charge on any atom is -0.258 e. The van der Waals surface area contributed by atoms with Crippen LogP contribution in [0.1, 0.15) is 5.56 Å². The number of aromatic nitrogens is 2. The third-order valence-corrected chi connectivity index (χ3v) is 2.09. The van der Waals surface area contributed by atoms with Gasteiger partial charge in [0.1, 0.15) is 0 Å². The van der Waals surface area contributed by atoms with Gasteiger partial charge in [0.15, 0.2) is 0 Å². The highest BCUT2D eigenvalue weighted by atomic mass is 16.6. The van der Waals surface area contributed by atoms with E-state index in [1.54, 1.807) is 19.1 Å². The molecule has 0 radical (unpaired) electrons. The summed E-state index contributed by atoms with van der Waals surface area (Å²) in [5.74, 6) is 0. The molecule has 14 heavy (non-hydrogen) atoms. The molecule has 0 atom stereocenters. The summed E-state index contributed by atoms with van der Waals surface area (Å²) in [6.45, 7) is 1.71. The third-order valence-electron chi connectivity index (χ3n) is 2.09. The average Bonchev–Trinajstić information content (AvgIpc) is 2.17. The molecule has 5 heteroatoms. The number of hydrogen-bond acceptors (Lipinski definition) is 4. The van der Waals surface area contributed by atoms with Crippen LogP contribution >= 0.6 is 0 Å². The SMILES string of the molecule is Cc1ccc2cnncc2c1[N+](=O)[O-]. The van der Waals surface area contributed by atoms with Crippen LogP contribution in [0.3, 0.4) is 0 Å². The largest absolute Gasteiger partial charge is 0.281 e. The lowest BCUT2D eigenvalue weighted by Gasteiger charge is -2.00. The Morgan fingerprint density at radius 1 is 1.29 bits per heavy atom. The lowest BCUT2D eigenvalue weighted by Crippen LogP contribution is -1.94. The molecule has 70 valence electrons. The molecular formula is C9H7N3O2. The fraction of sp³-hybridized carbons (Fsp3) is 0.111. The second kappa shape index (κ2) is 3.02. The summed E-state index contributed by atoms with van der Waals surface area (Å²) < 4.78 is 0. The van der Waals surface area contributed by atoms with Crippen molar-refractivity contribution in [2.45, 2.75) is 6.92 Å². The van der Waals surface area contributed by atoms with Gasteiger partial charge in [0.25, 0.3) is 5.69 Å². The minimum atomic E-state index is -0.390. The topological polar surface area (TPSA) is 68.9 Å². The lowest BCUT2D eigenvalue weighted by atomic mass is 10.1. The van der Waals surface area contributed by atoms with Gasteiger partial charge < -0.3 is 0 Å². The van der Waals surface area contributed by atoms with Gasteiger partial charge in [-0.15, -0.1) is 0 Å². The summed E-state index contributed by atoms with van der Waals surface area (Å²) in [7, 11) is 0. The molecule has 2 aromatic rings. The number of fused-ring (bicyclic) bond motifs is 1. The Morgan fingerprint density at radius 3 is 2.71 bits per heavy atom. The molecule has 0 aliphatic heterocycles. The van der Waals surface area contributed by atoms with Crippen molar-refractivity contribution >= 4 is 16.5 Å². The molecule has 0 aliphatic rings. The molecule has 0 amide bonds. The van der Waals surface area contributed by atoms with E-state index in [-0.39, 0.29) is 10.6 Å². The molecule has 0 bridgehead atoms. The molecule has 0 saturated heterocycles. The summed E-state index contributed by atoms with van der Waals surface area (Å²) in [6.07, 6.45) is 2.93. The zero-order valence-corrected chi connectivity index (χ0v) is 7.47. The molecule has 2 rings (SSSR count). The first kappa shape index (κ1) is 8.55. The van der Waals surface area contributed by atoms with E-state index in [4.69, 9.17) is 0 Å². The highest BCUT2D eigenvalue weighted by Gasteiger charge is 2.15. The highest BCUT2D eigenvalue weighted by Crippen LogP contribution is 2.27. The van der Waals surface area contributed by atoms with Gasteiger partial charge in [-0.3, -0.25) is 10.1 Å². The lowest BCUT2D eigenvalue weighted by molar-refractivity contribution is -0.383. The normalized spacial score (nSPS) is 10.4. The molecule has 1 aromatic carbocycles. The van der Waals surface area contributed by atoms with E-state index in [1.807, 2.05) is 0 Å². The molecule has 0 fully saturated rings. The van der Waals surface area contributed by atoms with Crippen molar-refractivity contribution in [3.05, 3.63) is 40.2 Å². The number of rotatable bonds is 1. The van der Waals surface area contributed by atoms with Gasteiger partial charge in [0.05, 0.1) is 22.7 Å². The van der Waals surface area contributed by atoms with Crippen LogP contribution in [0.25, 0.3) is 10.8 Å². The Balaban J connectivity index is 2.90. The fourth-order valence-corrected chi connectivity index (χ4v) is 1.41. The van der Waals surface area contributed by atoms with Crippen molar-refractivity contribution in [1.29, 1.82) is 0 Å². The number of benzene rings is 1. The van der Waals surface area contributed by atoms with E-state index < -0.39 is 0 Å². The smallest absolute Gasteiger partial charge is 0.258 e. The predicted octanol–water partition coefficient (Wildman–Crippen LogP) is 1.85. The predicted molar refractivity (Wildman–Crippen MR) is 50.9 cm³/mol. The van der Waals surface area contributed by atoms with Gasteiger partial charge in [0, 0.05) is 10.9 Å². The van der Waals surface area contributed by atoms with Gasteiger partial charge >= 0.3 is 0 Å². The summed E-state index contributed by atoms with van der Waals surface area (Å²) in [5, 5.41) is 19.4. The van der Waals surface area contributed by atoms with Gasteiger partial charge in [-0.25, -0.2) is 0 Å². The molecule has 0 unspecified atom stereocenters. The third kappa shape index (κ3) is 1.19. The van der Waals surface area contributed by atoms with Crippen LogP contribution in [0.5, 0.6) is 0 Å². The van der Waals surface area contributed by atoms with Crippen LogP contribution in [-0.2, 0) is 0 Å². The van der Waals surface area contributed by atoms with Crippen molar-refractivity contribution < 1.29 is 4.92 Å². The zero-order valence-electron chi connectivity index (χ0n) is 7.47. The van der Waals surface area contributed by atoms with Gasteiger partial charge in [-0.2, -0.15) is 10.2 Å². The summed E-state index contributed by atoms with van der Waals surface area (Å²) in [4.78, 5) is 10.4. The second-order valence-corrected chi connectivity index (χ2v) is 2.98. The molecule has 1 heterocycles. The maximum Gasteiger partial charge on any atom is 0.281 e. The minimum absolute atomic E-state index is 0.109. The Bertz CT molecular complexity index is 510. The van der Waals surface area contributed by atoms with Crippen molar-refractivity contribution in [1.82, 2.24) is 10.2 Å². The fourth-order valence-electron chi connectivity index (χ4n) is 1.41. The van der Waals surface area contributed by atoms with Crippen LogP contribution < -0.4 is 0 Å². The summed E-state index contributed by atoms with van der Waals surface area (Å²) in [6, 6.07) is 3.51. The van der Waals surface area contributed by atoms with Crippen LogP contribution in [0.2, 0.25) is 0 Å². The maximum absolute atomic E-state index is 10.8. The number of nitro groups is 1. The van der Waals surface area contributed by atoms with E-state index in [1.165, 1.54) is 12.4 Å². The second-order valence-electron chi connectivity index (χ2n) is 2.98. The highest BCUT2D eigenvalue weighted by molar-refractivity contribution is 5.90. The quantitative estimate of drug-likeness (QED) is 0.507. The Kier molecular flexibility index (Phi) is 1.85. The first-order valence-corrected chi connectivity index (χ1v) is 4.04. The number of aryl methyl sites for hydroxylation is 1. The number of hydrogen-bond donors (Lipinski definition) is 0. The van der Waals surface area contributed by atoms with E-state index in [2.05, 4.69) is 10.2 Å². The monoisotopic (exact) mass is 189 g/mol.